The summed E-state index contributed by atoms with van der Waals surface area (Å²) in [7, 11) is 0. The molecule has 2 aromatic rings. The summed E-state index contributed by atoms with van der Waals surface area (Å²) in [5, 5.41) is 3.82. The Morgan fingerprint density at radius 1 is 1.06 bits per heavy atom. The highest BCUT2D eigenvalue weighted by Crippen LogP contribution is 2.37. The average molecular weight is 482 g/mol. The van der Waals surface area contributed by atoms with Gasteiger partial charge in [0.05, 0.1) is 23.8 Å². The first kappa shape index (κ1) is 23.1. The van der Waals surface area contributed by atoms with Crippen LogP contribution in [0.4, 0.5) is 11.4 Å². The van der Waals surface area contributed by atoms with Crippen molar-refractivity contribution in [2.45, 2.75) is 20.3 Å². The molecule has 0 aliphatic carbocycles. The van der Waals surface area contributed by atoms with Crippen LogP contribution in [0.1, 0.15) is 20.3 Å². The largest absolute Gasteiger partial charge is 0.463 e. The molecule has 31 heavy (non-hydrogen) atoms. The van der Waals surface area contributed by atoms with Gasteiger partial charge in [0.15, 0.2) is 0 Å². The van der Waals surface area contributed by atoms with Gasteiger partial charge in [0.25, 0.3) is 0 Å². The van der Waals surface area contributed by atoms with Crippen molar-refractivity contribution in [2.24, 2.45) is 5.92 Å². The quantitative estimate of drug-likeness (QED) is 0.555. The van der Waals surface area contributed by atoms with E-state index in [-0.39, 0.29) is 18.6 Å². The Morgan fingerprint density at radius 2 is 1.74 bits per heavy atom. The minimum absolute atomic E-state index is 0.140. The monoisotopic (exact) mass is 480 g/mol. The summed E-state index contributed by atoms with van der Waals surface area (Å²) in [5.41, 5.74) is 1.43. The molecule has 1 N–H and O–H groups in total. The number of benzene rings is 2. The number of ether oxygens (including phenoxy) is 1. The van der Waals surface area contributed by atoms with Crippen molar-refractivity contribution in [2.75, 3.05) is 16.8 Å². The molecule has 0 spiro atoms. The SMILES string of the molecule is CCOC(=O)C1=C(C)N(c2cccc(Cl)c2)C(=O)C1CC(=O)Nc1cc(Cl)cc(Cl)c1. The van der Waals surface area contributed by atoms with Gasteiger partial charge in [-0.25, -0.2) is 4.79 Å². The molecule has 0 radical (unpaired) electrons. The Morgan fingerprint density at radius 3 is 2.35 bits per heavy atom. The molecule has 6 nitrogen and oxygen atoms in total. The highest BCUT2D eigenvalue weighted by atomic mass is 35.5. The first-order valence-corrected chi connectivity index (χ1v) is 10.6. The van der Waals surface area contributed by atoms with Gasteiger partial charge in [-0.05, 0) is 50.2 Å². The van der Waals surface area contributed by atoms with Crippen LogP contribution < -0.4 is 10.2 Å². The van der Waals surface area contributed by atoms with E-state index < -0.39 is 23.7 Å². The molecule has 0 bridgehead atoms. The van der Waals surface area contributed by atoms with Crippen LogP contribution in [-0.4, -0.2) is 24.4 Å². The molecule has 1 unspecified atom stereocenters. The number of hydrogen-bond donors (Lipinski definition) is 1. The molecule has 0 aromatic heterocycles. The first-order valence-electron chi connectivity index (χ1n) is 9.44. The van der Waals surface area contributed by atoms with Crippen molar-refractivity contribution in [3.63, 3.8) is 0 Å². The average Bonchev–Trinajstić information content (AvgIpc) is 2.90. The standard InChI is InChI=1S/C22H19Cl3N2O4/c1-3-31-22(30)20-12(2)27(17-6-4-5-13(23)10-17)21(29)18(20)11-19(28)26-16-8-14(24)7-15(25)9-16/h4-10,18H,3,11H2,1-2H3,(H,26,28). The fraction of sp³-hybridized carbons (Fsp3) is 0.227. The number of nitrogens with zero attached hydrogens (tertiary/aromatic N) is 1. The summed E-state index contributed by atoms with van der Waals surface area (Å²) in [6.45, 7) is 3.45. The van der Waals surface area contributed by atoms with Crippen molar-refractivity contribution in [3.05, 3.63) is 68.8 Å². The number of hydrogen-bond acceptors (Lipinski definition) is 4. The molecule has 1 atom stereocenters. The van der Waals surface area contributed by atoms with Gasteiger partial charge in [0, 0.05) is 32.9 Å². The van der Waals surface area contributed by atoms with Gasteiger partial charge in [0.1, 0.15) is 0 Å². The topological polar surface area (TPSA) is 75.7 Å². The molecule has 1 aliphatic rings. The second kappa shape index (κ2) is 9.73. The number of carbonyl (C=O) groups is 3. The number of amides is 2. The van der Waals surface area contributed by atoms with E-state index in [1.54, 1.807) is 38.1 Å². The maximum absolute atomic E-state index is 13.3. The molecule has 9 heteroatoms. The Kier molecular flexibility index (Phi) is 7.26. The van der Waals surface area contributed by atoms with Gasteiger partial charge < -0.3 is 10.1 Å². The zero-order valence-electron chi connectivity index (χ0n) is 16.7. The fourth-order valence-corrected chi connectivity index (χ4v) is 4.18. The Hall–Kier alpha value is -2.54. The van der Waals surface area contributed by atoms with Crippen LogP contribution in [0.5, 0.6) is 0 Å². The minimum atomic E-state index is -1.01. The lowest BCUT2D eigenvalue weighted by Gasteiger charge is -2.19. The Labute approximate surface area is 194 Å². The van der Waals surface area contributed by atoms with E-state index in [0.717, 1.165) is 0 Å². The van der Waals surface area contributed by atoms with Gasteiger partial charge in [-0.2, -0.15) is 0 Å². The number of anilines is 2. The van der Waals surface area contributed by atoms with Crippen LogP contribution in [0.25, 0.3) is 0 Å². The normalized spacial score (nSPS) is 16.0. The highest BCUT2D eigenvalue weighted by Gasteiger charge is 2.43. The molecule has 0 saturated carbocycles. The first-order chi connectivity index (χ1) is 14.7. The van der Waals surface area contributed by atoms with Crippen molar-refractivity contribution in [1.82, 2.24) is 0 Å². The number of esters is 1. The van der Waals surface area contributed by atoms with Crippen LogP contribution >= 0.6 is 34.8 Å². The van der Waals surface area contributed by atoms with Crippen molar-refractivity contribution < 1.29 is 19.1 Å². The molecular weight excluding hydrogens is 463 g/mol. The van der Waals surface area contributed by atoms with Gasteiger partial charge >= 0.3 is 5.97 Å². The summed E-state index contributed by atoms with van der Waals surface area (Å²) in [6, 6.07) is 11.3. The zero-order valence-corrected chi connectivity index (χ0v) is 19.0. The summed E-state index contributed by atoms with van der Waals surface area (Å²) in [4.78, 5) is 40.0. The van der Waals surface area contributed by atoms with Crippen LogP contribution in [0.3, 0.4) is 0 Å². The molecule has 3 rings (SSSR count). The lowest BCUT2D eigenvalue weighted by Crippen LogP contribution is -2.31. The molecule has 2 amide bonds. The van der Waals surface area contributed by atoms with Crippen molar-refractivity contribution in [1.29, 1.82) is 0 Å². The van der Waals surface area contributed by atoms with E-state index in [9.17, 15) is 14.4 Å². The third-order valence-corrected chi connectivity index (χ3v) is 5.36. The van der Waals surface area contributed by atoms with Crippen molar-refractivity contribution in [3.8, 4) is 0 Å². The fourth-order valence-electron chi connectivity index (χ4n) is 3.46. The molecule has 1 heterocycles. The van der Waals surface area contributed by atoms with Crippen LogP contribution in [0, 0.1) is 5.92 Å². The lowest BCUT2D eigenvalue weighted by molar-refractivity contribution is -0.140. The van der Waals surface area contributed by atoms with Crippen LogP contribution in [0.2, 0.25) is 15.1 Å². The number of allylic oxidation sites excluding steroid dienone is 1. The van der Waals surface area contributed by atoms with Gasteiger partial charge in [-0.15, -0.1) is 0 Å². The maximum atomic E-state index is 13.3. The van der Waals surface area contributed by atoms with Gasteiger partial charge in [0.2, 0.25) is 11.8 Å². The van der Waals surface area contributed by atoms with E-state index in [2.05, 4.69) is 5.32 Å². The lowest BCUT2D eigenvalue weighted by atomic mass is 9.96. The van der Waals surface area contributed by atoms with Gasteiger partial charge in [-0.1, -0.05) is 40.9 Å². The molecule has 1 aliphatic heterocycles. The van der Waals surface area contributed by atoms with E-state index in [4.69, 9.17) is 39.5 Å². The minimum Gasteiger partial charge on any atom is -0.463 e. The zero-order chi connectivity index (χ0) is 22.7. The molecule has 0 saturated heterocycles. The smallest absolute Gasteiger partial charge is 0.336 e. The Balaban J connectivity index is 1.90. The maximum Gasteiger partial charge on any atom is 0.336 e. The Bertz CT molecular complexity index is 1060. The van der Waals surface area contributed by atoms with Crippen molar-refractivity contribution >= 4 is 64.0 Å². The van der Waals surface area contributed by atoms with Crippen LogP contribution in [-0.2, 0) is 19.1 Å². The number of nitrogens with one attached hydrogen (secondary N) is 1. The van der Waals surface area contributed by atoms with E-state index in [1.165, 1.54) is 23.1 Å². The summed E-state index contributed by atoms with van der Waals surface area (Å²) >= 11 is 18.0. The third-order valence-electron chi connectivity index (χ3n) is 4.69. The van der Waals surface area contributed by atoms with Crippen LogP contribution in [0.15, 0.2) is 53.7 Å². The molecule has 0 fully saturated rings. The summed E-state index contributed by atoms with van der Waals surface area (Å²) < 4.78 is 5.15. The molecular formula is C22H19Cl3N2O4. The predicted molar refractivity (Wildman–Crippen MR) is 121 cm³/mol. The second-order valence-electron chi connectivity index (χ2n) is 6.84. The number of rotatable bonds is 6. The van der Waals surface area contributed by atoms with E-state index in [1.807, 2.05) is 0 Å². The second-order valence-corrected chi connectivity index (χ2v) is 8.15. The highest BCUT2D eigenvalue weighted by molar-refractivity contribution is 6.35. The van der Waals surface area contributed by atoms with Gasteiger partial charge in [-0.3, -0.25) is 14.5 Å². The third kappa shape index (κ3) is 5.21. The van der Waals surface area contributed by atoms with E-state index in [0.29, 0.717) is 32.1 Å². The molecule has 162 valence electrons. The summed E-state index contributed by atoms with van der Waals surface area (Å²) in [5.74, 6) is -2.53. The number of carbonyl (C=O) groups excluding carboxylic acids is 3. The van der Waals surface area contributed by atoms with E-state index >= 15 is 0 Å². The number of halogens is 3. The predicted octanol–water partition coefficient (Wildman–Crippen LogP) is 5.48. The molecule has 2 aromatic carbocycles. The summed E-state index contributed by atoms with van der Waals surface area (Å²) in [6.07, 6.45) is -0.258.